The minimum Gasteiger partial charge on any atom is -0.478 e. The Hall–Kier alpha value is -1.59. The van der Waals surface area contributed by atoms with Gasteiger partial charge in [-0.25, -0.2) is 4.79 Å². The minimum atomic E-state index is -0.936. The Balaban J connectivity index is 2.34. The fourth-order valence-corrected chi connectivity index (χ4v) is 1.83. The van der Waals surface area contributed by atoms with Gasteiger partial charge in [-0.1, -0.05) is 12.1 Å². The number of aromatic carboxylic acids is 1. The molecule has 0 bridgehead atoms. The average Bonchev–Trinajstić information content (AvgIpc) is 2.29. The second-order valence-electron chi connectivity index (χ2n) is 3.66. The highest BCUT2D eigenvalue weighted by atomic mass is 16.5. The number of nitrogens with two attached hydrogens (primary N) is 1. The molecule has 1 aliphatic rings. The largest absolute Gasteiger partial charge is 0.478 e. The number of benzene rings is 1. The molecule has 1 fully saturated rings. The molecule has 86 valence electrons. The van der Waals surface area contributed by atoms with Crippen molar-refractivity contribution in [2.45, 2.75) is 6.17 Å². The number of carbonyl (C=O) groups is 1. The van der Waals surface area contributed by atoms with Gasteiger partial charge in [0.15, 0.2) is 0 Å². The first kappa shape index (κ1) is 10.9. The van der Waals surface area contributed by atoms with E-state index in [1.807, 2.05) is 11.0 Å². The van der Waals surface area contributed by atoms with E-state index in [2.05, 4.69) is 0 Å². The van der Waals surface area contributed by atoms with Crippen LogP contribution in [0.5, 0.6) is 0 Å². The lowest BCUT2D eigenvalue weighted by atomic mass is 10.1. The summed E-state index contributed by atoms with van der Waals surface area (Å²) in [4.78, 5) is 12.9. The van der Waals surface area contributed by atoms with Crippen LogP contribution in [0.2, 0.25) is 0 Å². The van der Waals surface area contributed by atoms with Crippen molar-refractivity contribution >= 4 is 11.7 Å². The number of rotatable bonds is 2. The number of hydrogen-bond donors (Lipinski definition) is 2. The summed E-state index contributed by atoms with van der Waals surface area (Å²) in [5.74, 6) is -0.936. The predicted molar refractivity (Wildman–Crippen MR) is 59.5 cm³/mol. The Morgan fingerprint density at radius 3 is 2.94 bits per heavy atom. The van der Waals surface area contributed by atoms with Crippen molar-refractivity contribution in [3.8, 4) is 0 Å². The first-order valence-electron chi connectivity index (χ1n) is 5.12. The van der Waals surface area contributed by atoms with Gasteiger partial charge in [0.05, 0.1) is 24.5 Å². The number of anilines is 1. The molecule has 1 unspecified atom stereocenters. The second kappa shape index (κ2) is 4.51. The minimum absolute atomic E-state index is 0.278. The smallest absolute Gasteiger partial charge is 0.337 e. The second-order valence-corrected chi connectivity index (χ2v) is 3.66. The van der Waals surface area contributed by atoms with Crippen molar-refractivity contribution < 1.29 is 14.6 Å². The number of hydrogen-bond acceptors (Lipinski definition) is 4. The molecule has 0 aliphatic carbocycles. The molecular formula is C11H14N2O3. The fraction of sp³-hybridized carbons (Fsp3) is 0.364. The van der Waals surface area contributed by atoms with E-state index in [-0.39, 0.29) is 11.7 Å². The van der Waals surface area contributed by atoms with Crippen molar-refractivity contribution in [2.24, 2.45) is 5.73 Å². The lowest BCUT2D eigenvalue weighted by molar-refractivity contribution is 0.0694. The Labute approximate surface area is 93.4 Å². The van der Waals surface area contributed by atoms with Crippen LogP contribution in [0.15, 0.2) is 24.3 Å². The topological polar surface area (TPSA) is 75.8 Å². The van der Waals surface area contributed by atoms with E-state index < -0.39 is 5.97 Å². The zero-order valence-corrected chi connectivity index (χ0v) is 8.80. The number of morpholine rings is 1. The predicted octanol–water partition coefficient (Wildman–Crippen LogP) is 0.506. The highest BCUT2D eigenvalue weighted by Gasteiger charge is 2.23. The summed E-state index contributed by atoms with van der Waals surface area (Å²) in [7, 11) is 0. The molecule has 5 nitrogen and oxygen atoms in total. The zero-order chi connectivity index (χ0) is 11.5. The van der Waals surface area contributed by atoms with Crippen LogP contribution in [0.25, 0.3) is 0 Å². The highest BCUT2D eigenvalue weighted by molar-refractivity contribution is 5.94. The molecule has 1 saturated heterocycles. The summed E-state index contributed by atoms with van der Waals surface area (Å²) in [5, 5.41) is 9.08. The molecule has 1 heterocycles. The summed E-state index contributed by atoms with van der Waals surface area (Å²) in [6.07, 6.45) is -0.283. The van der Waals surface area contributed by atoms with Gasteiger partial charge in [-0.3, -0.25) is 0 Å². The number of carboxylic acids is 1. The lowest BCUT2D eigenvalue weighted by Gasteiger charge is -2.35. The molecule has 1 aliphatic heterocycles. The molecule has 1 aromatic rings. The van der Waals surface area contributed by atoms with Crippen molar-refractivity contribution in [1.82, 2.24) is 0 Å². The van der Waals surface area contributed by atoms with E-state index in [4.69, 9.17) is 15.6 Å². The fourth-order valence-electron chi connectivity index (χ4n) is 1.83. The molecule has 0 saturated carbocycles. The van der Waals surface area contributed by atoms with Crippen LogP contribution < -0.4 is 10.6 Å². The highest BCUT2D eigenvalue weighted by Crippen LogP contribution is 2.22. The van der Waals surface area contributed by atoms with Gasteiger partial charge in [-0.05, 0) is 12.1 Å². The van der Waals surface area contributed by atoms with E-state index >= 15 is 0 Å². The van der Waals surface area contributed by atoms with Gasteiger partial charge in [-0.2, -0.15) is 0 Å². The molecule has 16 heavy (non-hydrogen) atoms. The SMILES string of the molecule is NC1COCCN1c1ccccc1C(=O)O. The maximum Gasteiger partial charge on any atom is 0.337 e. The van der Waals surface area contributed by atoms with Crippen LogP contribution >= 0.6 is 0 Å². The van der Waals surface area contributed by atoms with Crippen molar-refractivity contribution in [1.29, 1.82) is 0 Å². The Kier molecular flexibility index (Phi) is 3.07. The summed E-state index contributed by atoms with van der Waals surface area (Å²) < 4.78 is 5.22. The van der Waals surface area contributed by atoms with Crippen LogP contribution in [0.3, 0.4) is 0 Å². The summed E-state index contributed by atoms with van der Waals surface area (Å²) >= 11 is 0. The third-order valence-electron chi connectivity index (χ3n) is 2.61. The molecular weight excluding hydrogens is 208 g/mol. The number of ether oxygens (including phenoxy) is 1. The van der Waals surface area contributed by atoms with Crippen LogP contribution in [-0.4, -0.2) is 37.0 Å². The van der Waals surface area contributed by atoms with Gasteiger partial charge in [0.25, 0.3) is 0 Å². The molecule has 0 amide bonds. The van der Waals surface area contributed by atoms with E-state index in [0.717, 1.165) is 0 Å². The molecule has 0 radical (unpaired) electrons. The van der Waals surface area contributed by atoms with Gasteiger partial charge in [0.1, 0.15) is 6.17 Å². The first-order valence-corrected chi connectivity index (χ1v) is 5.12. The van der Waals surface area contributed by atoms with E-state index in [1.165, 1.54) is 0 Å². The molecule has 5 heteroatoms. The van der Waals surface area contributed by atoms with Crippen LogP contribution in [0, 0.1) is 0 Å². The van der Waals surface area contributed by atoms with Crippen LogP contribution in [0.1, 0.15) is 10.4 Å². The molecule has 1 atom stereocenters. The van der Waals surface area contributed by atoms with Crippen LogP contribution in [0.4, 0.5) is 5.69 Å². The maximum absolute atomic E-state index is 11.1. The molecule has 0 spiro atoms. The van der Waals surface area contributed by atoms with Crippen molar-refractivity contribution in [2.75, 3.05) is 24.7 Å². The molecule has 0 aromatic heterocycles. The Morgan fingerprint density at radius 2 is 2.25 bits per heavy atom. The Bertz CT molecular complexity index is 395. The third-order valence-corrected chi connectivity index (χ3v) is 2.61. The van der Waals surface area contributed by atoms with E-state index in [9.17, 15) is 4.79 Å². The quantitative estimate of drug-likeness (QED) is 0.762. The van der Waals surface area contributed by atoms with Gasteiger partial charge in [-0.15, -0.1) is 0 Å². The van der Waals surface area contributed by atoms with Crippen LogP contribution in [-0.2, 0) is 4.74 Å². The standard InChI is InChI=1S/C11H14N2O3/c12-10-7-16-6-5-13(10)9-4-2-1-3-8(9)11(14)15/h1-4,10H,5-7,12H2,(H,14,15). The summed E-state index contributed by atoms with van der Waals surface area (Å²) in [6, 6.07) is 6.87. The third kappa shape index (κ3) is 2.00. The Morgan fingerprint density at radius 1 is 1.50 bits per heavy atom. The van der Waals surface area contributed by atoms with Crippen molar-refractivity contribution in [3.05, 3.63) is 29.8 Å². The molecule has 3 N–H and O–H groups in total. The van der Waals surface area contributed by atoms with Gasteiger partial charge >= 0.3 is 5.97 Å². The van der Waals surface area contributed by atoms with Gasteiger partial charge in [0.2, 0.25) is 0 Å². The summed E-state index contributed by atoms with van der Waals surface area (Å²) in [5.41, 5.74) is 6.82. The van der Waals surface area contributed by atoms with Gasteiger partial charge < -0.3 is 20.5 Å². The molecule has 2 rings (SSSR count). The average molecular weight is 222 g/mol. The number of para-hydroxylation sites is 1. The van der Waals surface area contributed by atoms with E-state index in [0.29, 0.717) is 25.4 Å². The summed E-state index contributed by atoms with van der Waals surface area (Å²) in [6.45, 7) is 1.61. The number of nitrogens with zero attached hydrogens (tertiary/aromatic N) is 1. The monoisotopic (exact) mass is 222 g/mol. The lowest BCUT2D eigenvalue weighted by Crippen LogP contribution is -2.51. The normalized spacial score (nSPS) is 20.8. The molecule has 1 aromatic carbocycles. The van der Waals surface area contributed by atoms with E-state index in [1.54, 1.807) is 18.2 Å². The maximum atomic E-state index is 11.1. The first-order chi connectivity index (χ1) is 7.70. The number of carboxylic acid groups (broad SMARTS) is 1. The van der Waals surface area contributed by atoms with Gasteiger partial charge in [0, 0.05) is 6.54 Å². The van der Waals surface area contributed by atoms with Crippen molar-refractivity contribution in [3.63, 3.8) is 0 Å². The zero-order valence-electron chi connectivity index (χ0n) is 8.80.